The lowest BCUT2D eigenvalue weighted by Gasteiger charge is -2.26. The molecule has 0 spiro atoms. The van der Waals surface area contributed by atoms with Gasteiger partial charge in [-0.3, -0.25) is 0 Å². The lowest BCUT2D eigenvalue weighted by Crippen LogP contribution is -2.12. The molecule has 0 N–H and O–H groups in total. The molecule has 0 heterocycles. The summed E-state index contributed by atoms with van der Waals surface area (Å²) in [5, 5.41) is 0. The van der Waals surface area contributed by atoms with Gasteiger partial charge in [0, 0.05) is 46.3 Å². The van der Waals surface area contributed by atoms with Gasteiger partial charge in [-0.1, -0.05) is 47.5 Å². The molecule has 0 atom stereocenters. The molecule has 0 aliphatic carbocycles. The molecule has 6 aromatic carbocycles. The van der Waals surface area contributed by atoms with Crippen LogP contribution in [0.3, 0.4) is 0 Å². The van der Waals surface area contributed by atoms with Gasteiger partial charge in [-0.25, -0.2) is 0 Å². The predicted octanol–water partition coefficient (Wildman–Crippen LogP) is 10.7. The second kappa shape index (κ2) is 15.1. The fraction of sp³-hybridized carbons (Fsp3) is 0.143. The maximum absolute atomic E-state index is 6.20. The maximum Gasteiger partial charge on any atom is 0.122 e. The van der Waals surface area contributed by atoms with Crippen molar-refractivity contribution in [2.45, 2.75) is 13.8 Å². The Kier molecular flexibility index (Phi) is 10.1. The molecule has 0 amide bonds. The van der Waals surface area contributed by atoms with Gasteiger partial charge < -0.3 is 28.7 Å². The van der Waals surface area contributed by atoms with Crippen LogP contribution in [-0.4, -0.2) is 27.4 Å². The molecular weight excluding hydrogens is 596 g/mol. The Hall–Kier alpha value is -5.88. The van der Waals surface area contributed by atoms with Gasteiger partial charge in [-0.05, 0) is 111 Å². The second-order valence-electron chi connectivity index (χ2n) is 11.4. The van der Waals surface area contributed by atoms with E-state index >= 15 is 0 Å². The van der Waals surface area contributed by atoms with Crippen molar-refractivity contribution >= 4 is 34.1 Å². The van der Waals surface area contributed by atoms with E-state index in [-0.39, 0.29) is 0 Å². The summed E-state index contributed by atoms with van der Waals surface area (Å²) in [7, 11) is 3.35. The number of nitrogens with zero attached hydrogens (tertiary/aromatic N) is 2. The summed E-state index contributed by atoms with van der Waals surface area (Å²) < 4.78 is 23.2. The van der Waals surface area contributed by atoms with Crippen LogP contribution < -0.4 is 28.7 Å². The number of rotatable bonds is 13. The van der Waals surface area contributed by atoms with E-state index in [0.717, 1.165) is 57.1 Å². The van der Waals surface area contributed by atoms with Crippen LogP contribution in [0.25, 0.3) is 0 Å². The first-order valence-electron chi connectivity index (χ1n) is 16.0. The van der Waals surface area contributed by atoms with Crippen LogP contribution in [0.15, 0.2) is 146 Å². The zero-order valence-corrected chi connectivity index (χ0v) is 27.8. The molecule has 6 nitrogen and oxygen atoms in total. The standard InChI is InChI=1S/C42H40N2O4/c1-31-11-15-33(16-12-31)43(35-19-23-39(45-3)24-20-35)37-7-5-9-41(29-37)47-27-28-48-42-10-6-8-38(30-42)44(34-17-13-32(2)14-18-34)36-21-25-40(46-4)26-22-36/h5-26,29-30H,27-28H2,1-4H3. The molecule has 0 saturated carbocycles. The monoisotopic (exact) mass is 636 g/mol. The van der Waals surface area contributed by atoms with Crippen molar-refractivity contribution in [3.8, 4) is 23.0 Å². The lowest BCUT2D eigenvalue weighted by molar-refractivity contribution is 0.217. The molecule has 0 aliphatic heterocycles. The SMILES string of the molecule is COc1ccc(N(c2ccc(C)cc2)c2cccc(OCCOc3cccc(N(c4ccc(C)cc4)c4ccc(OC)cc4)c3)c2)cc1. The number of methoxy groups -OCH3 is 2. The van der Waals surface area contributed by atoms with Gasteiger partial charge in [-0.2, -0.15) is 0 Å². The van der Waals surface area contributed by atoms with Crippen molar-refractivity contribution < 1.29 is 18.9 Å². The minimum absolute atomic E-state index is 0.390. The second-order valence-corrected chi connectivity index (χ2v) is 11.4. The van der Waals surface area contributed by atoms with Crippen molar-refractivity contribution in [3.63, 3.8) is 0 Å². The quantitative estimate of drug-likeness (QED) is 0.118. The Morgan fingerprint density at radius 1 is 0.375 bits per heavy atom. The van der Waals surface area contributed by atoms with Crippen molar-refractivity contribution in [3.05, 3.63) is 157 Å². The van der Waals surface area contributed by atoms with Crippen LogP contribution in [0.1, 0.15) is 11.1 Å². The van der Waals surface area contributed by atoms with Gasteiger partial charge in [0.2, 0.25) is 0 Å². The summed E-state index contributed by atoms with van der Waals surface area (Å²) in [5.74, 6) is 3.16. The Balaban J connectivity index is 1.16. The summed E-state index contributed by atoms with van der Waals surface area (Å²) in [6, 6.07) is 49.4. The minimum Gasteiger partial charge on any atom is -0.497 e. The average Bonchev–Trinajstić information content (AvgIpc) is 3.13. The van der Waals surface area contributed by atoms with E-state index in [0.29, 0.717) is 13.2 Å². The highest BCUT2D eigenvalue weighted by atomic mass is 16.5. The fourth-order valence-electron chi connectivity index (χ4n) is 5.49. The van der Waals surface area contributed by atoms with Crippen molar-refractivity contribution in [2.75, 3.05) is 37.2 Å². The van der Waals surface area contributed by atoms with E-state index in [1.165, 1.54) is 11.1 Å². The highest BCUT2D eigenvalue weighted by molar-refractivity contribution is 5.78. The third-order valence-electron chi connectivity index (χ3n) is 8.02. The predicted molar refractivity (Wildman–Crippen MR) is 196 cm³/mol. The normalized spacial score (nSPS) is 10.7. The van der Waals surface area contributed by atoms with Crippen molar-refractivity contribution in [1.82, 2.24) is 0 Å². The molecule has 0 aromatic heterocycles. The van der Waals surface area contributed by atoms with Gasteiger partial charge in [0.15, 0.2) is 0 Å². The summed E-state index contributed by atoms with van der Waals surface area (Å²) in [5.41, 5.74) is 8.55. The third kappa shape index (κ3) is 7.73. The summed E-state index contributed by atoms with van der Waals surface area (Å²) in [6.07, 6.45) is 0. The average molecular weight is 637 g/mol. The van der Waals surface area contributed by atoms with E-state index in [2.05, 4.69) is 121 Å². The molecular formula is C42H40N2O4. The molecule has 0 radical (unpaired) electrons. The smallest absolute Gasteiger partial charge is 0.122 e. The summed E-state index contributed by atoms with van der Waals surface area (Å²) in [6.45, 7) is 4.96. The highest BCUT2D eigenvalue weighted by Crippen LogP contribution is 2.38. The summed E-state index contributed by atoms with van der Waals surface area (Å²) in [4.78, 5) is 4.41. The van der Waals surface area contributed by atoms with Gasteiger partial charge in [0.1, 0.15) is 36.2 Å². The summed E-state index contributed by atoms with van der Waals surface area (Å²) >= 11 is 0. The van der Waals surface area contributed by atoms with Crippen LogP contribution in [0.2, 0.25) is 0 Å². The zero-order chi connectivity index (χ0) is 33.3. The third-order valence-corrected chi connectivity index (χ3v) is 8.02. The van der Waals surface area contributed by atoms with E-state index in [9.17, 15) is 0 Å². The number of hydrogen-bond donors (Lipinski definition) is 0. The van der Waals surface area contributed by atoms with E-state index in [1.54, 1.807) is 14.2 Å². The van der Waals surface area contributed by atoms with Crippen LogP contribution in [0.4, 0.5) is 34.1 Å². The van der Waals surface area contributed by atoms with E-state index < -0.39 is 0 Å². The highest BCUT2D eigenvalue weighted by Gasteiger charge is 2.15. The first-order valence-corrected chi connectivity index (χ1v) is 16.0. The van der Waals surface area contributed by atoms with E-state index in [1.807, 2.05) is 48.5 Å². The minimum atomic E-state index is 0.390. The topological polar surface area (TPSA) is 43.4 Å². The molecule has 0 bridgehead atoms. The van der Waals surface area contributed by atoms with Crippen LogP contribution >= 0.6 is 0 Å². The molecule has 0 saturated heterocycles. The Morgan fingerprint density at radius 2 is 0.708 bits per heavy atom. The lowest BCUT2D eigenvalue weighted by atomic mass is 10.1. The maximum atomic E-state index is 6.20. The Bertz CT molecular complexity index is 1760. The van der Waals surface area contributed by atoms with Gasteiger partial charge in [0.05, 0.1) is 14.2 Å². The molecule has 6 rings (SSSR count). The van der Waals surface area contributed by atoms with Gasteiger partial charge >= 0.3 is 0 Å². The van der Waals surface area contributed by atoms with Crippen LogP contribution in [0, 0.1) is 13.8 Å². The molecule has 6 aromatic rings. The van der Waals surface area contributed by atoms with Crippen molar-refractivity contribution in [1.29, 1.82) is 0 Å². The fourth-order valence-corrected chi connectivity index (χ4v) is 5.49. The number of ether oxygens (including phenoxy) is 4. The molecule has 242 valence electrons. The molecule has 6 heteroatoms. The van der Waals surface area contributed by atoms with Crippen LogP contribution in [0.5, 0.6) is 23.0 Å². The van der Waals surface area contributed by atoms with Crippen molar-refractivity contribution in [2.24, 2.45) is 0 Å². The molecule has 0 aliphatic rings. The van der Waals surface area contributed by atoms with E-state index in [4.69, 9.17) is 18.9 Å². The number of hydrogen-bond acceptors (Lipinski definition) is 6. The molecule has 0 unspecified atom stereocenters. The number of anilines is 6. The Morgan fingerprint density at radius 3 is 1.04 bits per heavy atom. The first kappa shape index (κ1) is 32.1. The Labute approximate surface area is 283 Å². The molecule has 48 heavy (non-hydrogen) atoms. The number of aryl methyl sites for hydroxylation is 2. The molecule has 0 fully saturated rings. The van der Waals surface area contributed by atoms with Gasteiger partial charge in [0.25, 0.3) is 0 Å². The zero-order valence-electron chi connectivity index (χ0n) is 27.8. The first-order chi connectivity index (χ1) is 23.5. The largest absolute Gasteiger partial charge is 0.497 e. The van der Waals surface area contributed by atoms with Gasteiger partial charge in [-0.15, -0.1) is 0 Å². The van der Waals surface area contributed by atoms with Crippen LogP contribution in [-0.2, 0) is 0 Å². The number of benzene rings is 6.